The molecule has 0 radical (unpaired) electrons. The number of fused-ring (bicyclic) bond motifs is 3. The SMILES string of the molecule is [C-]#[N+]/C(C#N)=C(\c1ccc(-c2ccc3c(c2)C(C)(C)c2cc(-c4ccc(/C(=C(\C#N)[N+]#[C-])C(C)(F)F)s4)ccc2-3)s1)C(C)(F)F. The number of nitrogens with zero attached hydrogens (tertiary/aromatic N) is 4. The van der Waals surface area contributed by atoms with E-state index in [1.807, 2.05) is 36.4 Å². The summed E-state index contributed by atoms with van der Waals surface area (Å²) in [4.78, 5) is 7.78. The summed E-state index contributed by atoms with van der Waals surface area (Å²) in [6.07, 6.45) is 0. The van der Waals surface area contributed by atoms with Crippen molar-refractivity contribution in [2.45, 2.75) is 45.0 Å². The Labute approximate surface area is 266 Å². The van der Waals surface area contributed by atoms with E-state index >= 15 is 0 Å². The first-order valence-corrected chi connectivity index (χ1v) is 15.1. The number of alkyl halides is 4. The molecule has 0 spiro atoms. The fourth-order valence-corrected chi connectivity index (χ4v) is 7.92. The van der Waals surface area contributed by atoms with Gasteiger partial charge < -0.3 is 0 Å². The summed E-state index contributed by atoms with van der Waals surface area (Å²) in [5, 5.41) is 18.6. The minimum Gasteiger partial charge on any atom is -0.226 e. The number of allylic oxidation sites excluding steroid dienone is 4. The summed E-state index contributed by atoms with van der Waals surface area (Å²) in [5.41, 5.74) is 2.79. The van der Waals surface area contributed by atoms with E-state index in [1.165, 1.54) is 12.1 Å². The number of hydrogen-bond acceptors (Lipinski definition) is 4. The van der Waals surface area contributed by atoms with Crippen molar-refractivity contribution in [3.05, 3.63) is 116 Å². The molecule has 0 atom stereocenters. The van der Waals surface area contributed by atoms with Crippen LogP contribution in [0.5, 0.6) is 0 Å². The lowest BCUT2D eigenvalue weighted by Gasteiger charge is -2.22. The molecule has 2 aromatic heterocycles. The van der Waals surface area contributed by atoms with Crippen LogP contribution >= 0.6 is 22.7 Å². The van der Waals surface area contributed by atoms with Gasteiger partial charge in [-0.05, 0) is 69.8 Å². The van der Waals surface area contributed by atoms with Crippen LogP contribution in [0.3, 0.4) is 0 Å². The Hall–Kier alpha value is -5.00. The van der Waals surface area contributed by atoms with Crippen molar-refractivity contribution in [3.8, 4) is 44.1 Å². The highest BCUT2D eigenvalue weighted by Crippen LogP contribution is 2.52. The zero-order valence-electron chi connectivity index (χ0n) is 24.4. The van der Waals surface area contributed by atoms with Gasteiger partial charge in [-0.2, -0.15) is 0 Å². The second kappa shape index (κ2) is 11.2. The maximum Gasteiger partial charge on any atom is 0.272 e. The molecule has 0 fully saturated rings. The van der Waals surface area contributed by atoms with E-state index in [-0.39, 0.29) is 9.75 Å². The van der Waals surface area contributed by atoms with E-state index in [0.29, 0.717) is 23.6 Å². The Morgan fingerprint density at radius 3 is 1.38 bits per heavy atom. The van der Waals surface area contributed by atoms with E-state index in [2.05, 4.69) is 23.5 Å². The van der Waals surface area contributed by atoms with Crippen molar-refractivity contribution in [3.63, 3.8) is 0 Å². The first-order valence-electron chi connectivity index (χ1n) is 13.5. The standard InChI is InChI=1S/C35H22F4N4S2/c1-33(2)23-15-19(27-11-13-29(44-27)31(34(3,36)37)25(17-40)42-5)7-9-21(23)22-10-8-20(16-24(22)33)28-12-14-30(45-28)32(35(4,38)39)26(18-41)43-6/h7-16H,1-4H3/b31-25-,32-26+. The van der Waals surface area contributed by atoms with Crippen LogP contribution in [0.2, 0.25) is 0 Å². The highest BCUT2D eigenvalue weighted by Gasteiger charge is 2.37. The van der Waals surface area contributed by atoms with Crippen LogP contribution in [-0.2, 0) is 5.41 Å². The summed E-state index contributed by atoms with van der Waals surface area (Å²) in [6, 6.07) is 21.5. The summed E-state index contributed by atoms with van der Waals surface area (Å²) < 4.78 is 57.8. The Kier molecular flexibility index (Phi) is 7.80. The lowest BCUT2D eigenvalue weighted by molar-refractivity contribution is 0.0884. The molecule has 1 aliphatic rings. The van der Waals surface area contributed by atoms with Gasteiger partial charge in [0.15, 0.2) is 0 Å². The van der Waals surface area contributed by atoms with Gasteiger partial charge in [-0.15, -0.1) is 22.7 Å². The van der Waals surface area contributed by atoms with Crippen LogP contribution < -0.4 is 0 Å². The molecule has 0 aliphatic heterocycles. The van der Waals surface area contributed by atoms with Gasteiger partial charge in [0.05, 0.1) is 36.4 Å². The fraction of sp³-hybridized carbons (Fsp3) is 0.200. The molecule has 4 aromatic rings. The van der Waals surface area contributed by atoms with Crippen LogP contribution in [-0.4, -0.2) is 11.8 Å². The lowest BCUT2D eigenvalue weighted by atomic mass is 9.81. The molecule has 45 heavy (non-hydrogen) atoms. The highest BCUT2D eigenvalue weighted by molar-refractivity contribution is 7.17. The van der Waals surface area contributed by atoms with Crippen LogP contribution in [0.1, 0.15) is 48.6 Å². The molecule has 222 valence electrons. The van der Waals surface area contributed by atoms with Crippen LogP contribution in [0, 0.1) is 35.8 Å². The number of hydrogen-bond donors (Lipinski definition) is 0. The van der Waals surface area contributed by atoms with Gasteiger partial charge in [-0.1, -0.05) is 38.1 Å². The van der Waals surface area contributed by atoms with Gasteiger partial charge in [0.25, 0.3) is 23.2 Å². The van der Waals surface area contributed by atoms with Crippen molar-refractivity contribution in [1.29, 1.82) is 10.5 Å². The van der Waals surface area contributed by atoms with E-state index in [1.54, 1.807) is 24.3 Å². The molecule has 2 aromatic carbocycles. The first kappa shape index (κ1) is 31.4. The molecule has 0 amide bonds. The number of rotatable bonds is 6. The Morgan fingerprint density at radius 2 is 1.07 bits per heavy atom. The topological polar surface area (TPSA) is 56.3 Å². The Bertz CT molecular complexity index is 1930. The fourth-order valence-electron chi connectivity index (χ4n) is 5.65. The lowest BCUT2D eigenvalue weighted by Crippen LogP contribution is -2.15. The van der Waals surface area contributed by atoms with Gasteiger partial charge in [-0.3, -0.25) is 0 Å². The van der Waals surface area contributed by atoms with E-state index in [9.17, 15) is 28.1 Å². The minimum absolute atomic E-state index is 0.158. The third kappa shape index (κ3) is 5.45. The van der Waals surface area contributed by atoms with Gasteiger partial charge in [0.2, 0.25) is 0 Å². The zero-order valence-corrected chi connectivity index (χ0v) is 26.0. The molecular formula is C35H22F4N4S2. The number of nitriles is 2. The van der Waals surface area contributed by atoms with Gasteiger partial charge in [-0.25, -0.2) is 37.8 Å². The molecule has 4 nitrogen and oxygen atoms in total. The first-order chi connectivity index (χ1) is 21.1. The molecule has 0 saturated heterocycles. The maximum absolute atomic E-state index is 14.5. The zero-order chi connectivity index (χ0) is 32.9. The maximum atomic E-state index is 14.5. The van der Waals surface area contributed by atoms with Crippen LogP contribution in [0.15, 0.2) is 72.1 Å². The van der Waals surface area contributed by atoms with E-state index in [4.69, 9.17) is 13.1 Å². The van der Waals surface area contributed by atoms with Gasteiger partial charge in [0.1, 0.15) is 0 Å². The monoisotopic (exact) mass is 638 g/mol. The van der Waals surface area contributed by atoms with Crippen molar-refractivity contribution in [1.82, 2.24) is 0 Å². The highest BCUT2D eigenvalue weighted by atomic mass is 32.1. The summed E-state index contributed by atoms with van der Waals surface area (Å²) in [7, 11) is 0. The third-order valence-corrected chi connectivity index (χ3v) is 10.0. The molecule has 0 unspecified atom stereocenters. The molecule has 10 heteroatoms. The molecule has 1 aliphatic carbocycles. The molecule has 0 N–H and O–H groups in total. The number of halogens is 4. The Balaban J connectivity index is 1.54. The number of benzene rings is 2. The summed E-state index contributed by atoms with van der Waals surface area (Å²) >= 11 is 2.19. The van der Waals surface area contributed by atoms with Gasteiger partial charge >= 0.3 is 0 Å². The normalized spacial score (nSPS) is 14.6. The average Bonchev–Trinajstić information content (AvgIpc) is 3.71. The molecule has 2 heterocycles. The second-order valence-corrected chi connectivity index (χ2v) is 13.3. The summed E-state index contributed by atoms with van der Waals surface area (Å²) in [5.74, 6) is -6.74. The molecule has 0 saturated carbocycles. The smallest absolute Gasteiger partial charge is 0.226 e. The predicted molar refractivity (Wildman–Crippen MR) is 170 cm³/mol. The van der Waals surface area contributed by atoms with Crippen LogP contribution in [0.25, 0.3) is 52.8 Å². The van der Waals surface area contributed by atoms with E-state index in [0.717, 1.165) is 56.1 Å². The van der Waals surface area contributed by atoms with Crippen molar-refractivity contribution < 1.29 is 17.6 Å². The molecule has 0 bridgehead atoms. The van der Waals surface area contributed by atoms with Crippen molar-refractivity contribution in [2.24, 2.45) is 0 Å². The quantitative estimate of drug-likeness (QED) is 0.120. The predicted octanol–water partition coefficient (Wildman–Crippen LogP) is 11.1. The van der Waals surface area contributed by atoms with Gasteiger partial charge in [0, 0.05) is 38.8 Å². The summed E-state index contributed by atoms with van der Waals surface area (Å²) in [6.45, 7) is 19.9. The second-order valence-electron chi connectivity index (χ2n) is 11.1. The van der Waals surface area contributed by atoms with Crippen LogP contribution in [0.4, 0.5) is 17.6 Å². The average molecular weight is 639 g/mol. The van der Waals surface area contributed by atoms with Crippen molar-refractivity contribution >= 4 is 33.8 Å². The van der Waals surface area contributed by atoms with E-state index < -0.39 is 39.8 Å². The minimum atomic E-state index is -3.37. The molecule has 5 rings (SSSR count). The Morgan fingerprint density at radius 1 is 0.689 bits per heavy atom. The third-order valence-electron chi connectivity index (χ3n) is 7.74. The largest absolute Gasteiger partial charge is 0.272 e. The molecular weight excluding hydrogens is 617 g/mol. The number of thiophene rings is 2. The van der Waals surface area contributed by atoms with Crippen molar-refractivity contribution in [2.75, 3.05) is 0 Å².